The van der Waals surface area contributed by atoms with Crippen LogP contribution in [0.3, 0.4) is 0 Å². The molecule has 2 heterocycles. The number of amides is 1. The third-order valence-corrected chi connectivity index (χ3v) is 4.51. The van der Waals surface area contributed by atoms with E-state index in [1.165, 1.54) is 17.3 Å². The van der Waals surface area contributed by atoms with Crippen LogP contribution >= 0.6 is 11.8 Å². The Bertz CT molecular complexity index is 757. The van der Waals surface area contributed by atoms with Crippen LogP contribution in [0.15, 0.2) is 40.2 Å². The van der Waals surface area contributed by atoms with Gasteiger partial charge in [0, 0.05) is 17.9 Å². The third kappa shape index (κ3) is 3.22. The van der Waals surface area contributed by atoms with E-state index < -0.39 is 0 Å². The molecule has 0 aliphatic carbocycles. The second kappa shape index (κ2) is 6.36. The largest absolute Gasteiger partial charge is 0.346 e. The minimum Gasteiger partial charge on any atom is -0.311 e. The summed E-state index contributed by atoms with van der Waals surface area (Å²) >= 11 is 1.30. The first-order valence-corrected chi connectivity index (χ1v) is 8.21. The molecule has 0 atom stereocenters. The molecule has 0 saturated heterocycles. The standard InChI is InChI=1S/C16H17N3O2S/c1-11-9-14(18-16(21)17-11)22-10-15(20)19-8-4-6-12-5-2-3-7-13(12)19/h2-3,5,7,9H,4,6,8,10H2,1H3,(H,17,18,21). The third-order valence-electron chi connectivity index (χ3n) is 3.61. The van der Waals surface area contributed by atoms with Gasteiger partial charge in [-0.15, -0.1) is 0 Å². The van der Waals surface area contributed by atoms with Gasteiger partial charge in [0.15, 0.2) is 0 Å². The average molecular weight is 315 g/mol. The molecule has 1 aliphatic rings. The monoisotopic (exact) mass is 315 g/mol. The van der Waals surface area contributed by atoms with Gasteiger partial charge in [-0.25, -0.2) is 4.79 Å². The lowest BCUT2D eigenvalue weighted by Crippen LogP contribution is -2.36. The summed E-state index contributed by atoms with van der Waals surface area (Å²) in [6.45, 7) is 2.55. The van der Waals surface area contributed by atoms with Crippen molar-refractivity contribution in [3.05, 3.63) is 52.1 Å². The zero-order valence-corrected chi connectivity index (χ0v) is 13.2. The number of nitrogens with one attached hydrogen (secondary N) is 1. The number of aromatic nitrogens is 2. The molecule has 1 aromatic carbocycles. The molecule has 1 aliphatic heterocycles. The van der Waals surface area contributed by atoms with E-state index >= 15 is 0 Å². The topological polar surface area (TPSA) is 66.1 Å². The van der Waals surface area contributed by atoms with Crippen molar-refractivity contribution >= 4 is 23.4 Å². The molecule has 0 saturated carbocycles. The van der Waals surface area contributed by atoms with Crippen molar-refractivity contribution in [3.63, 3.8) is 0 Å². The van der Waals surface area contributed by atoms with Gasteiger partial charge in [-0.2, -0.15) is 4.98 Å². The number of nitrogens with zero attached hydrogens (tertiary/aromatic N) is 2. The zero-order chi connectivity index (χ0) is 15.5. The summed E-state index contributed by atoms with van der Waals surface area (Å²) in [5, 5.41) is 0.583. The summed E-state index contributed by atoms with van der Waals surface area (Å²) in [6.07, 6.45) is 2.00. The molecule has 0 spiro atoms. The van der Waals surface area contributed by atoms with Crippen LogP contribution in [0, 0.1) is 6.92 Å². The molecule has 114 valence electrons. The molecule has 0 unspecified atom stereocenters. The molecule has 5 nitrogen and oxygen atoms in total. The Morgan fingerprint density at radius 3 is 3.05 bits per heavy atom. The lowest BCUT2D eigenvalue weighted by atomic mass is 10.0. The van der Waals surface area contributed by atoms with Crippen LogP contribution in [0.1, 0.15) is 17.7 Å². The number of hydrogen-bond donors (Lipinski definition) is 1. The van der Waals surface area contributed by atoms with Gasteiger partial charge < -0.3 is 9.88 Å². The molecular formula is C16H17N3O2S. The highest BCUT2D eigenvalue weighted by Gasteiger charge is 2.22. The number of fused-ring (bicyclic) bond motifs is 1. The molecule has 0 radical (unpaired) electrons. The number of para-hydroxylation sites is 1. The van der Waals surface area contributed by atoms with Crippen LogP contribution in [-0.4, -0.2) is 28.2 Å². The van der Waals surface area contributed by atoms with Crippen LogP contribution in [0.4, 0.5) is 5.69 Å². The number of benzene rings is 1. The number of hydrogen-bond acceptors (Lipinski definition) is 4. The van der Waals surface area contributed by atoms with Crippen LogP contribution in [0.5, 0.6) is 0 Å². The second-order valence-corrected chi connectivity index (χ2v) is 6.27. The number of carbonyl (C=O) groups is 1. The van der Waals surface area contributed by atoms with E-state index in [9.17, 15) is 9.59 Å². The Balaban J connectivity index is 1.72. The van der Waals surface area contributed by atoms with Gasteiger partial charge in [0.1, 0.15) is 5.03 Å². The van der Waals surface area contributed by atoms with Crippen molar-refractivity contribution in [1.29, 1.82) is 0 Å². The van der Waals surface area contributed by atoms with Gasteiger partial charge in [0.2, 0.25) is 5.91 Å². The predicted molar refractivity (Wildman–Crippen MR) is 87.4 cm³/mol. The summed E-state index contributed by atoms with van der Waals surface area (Å²) in [5.41, 5.74) is 2.60. The number of anilines is 1. The molecule has 0 fully saturated rings. The van der Waals surface area contributed by atoms with Crippen molar-refractivity contribution in [1.82, 2.24) is 9.97 Å². The van der Waals surface area contributed by atoms with Crippen LogP contribution in [0.25, 0.3) is 0 Å². The molecule has 2 aromatic rings. The van der Waals surface area contributed by atoms with E-state index in [1.54, 1.807) is 13.0 Å². The first-order chi connectivity index (χ1) is 10.6. The lowest BCUT2D eigenvalue weighted by molar-refractivity contribution is -0.116. The Morgan fingerprint density at radius 1 is 1.41 bits per heavy atom. The number of carbonyl (C=O) groups excluding carboxylic acids is 1. The quantitative estimate of drug-likeness (QED) is 0.696. The van der Waals surface area contributed by atoms with Crippen molar-refractivity contribution in [2.24, 2.45) is 0 Å². The Labute approximate surface area is 132 Å². The van der Waals surface area contributed by atoms with E-state index in [4.69, 9.17) is 0 Å². The number of H-pyrrole nitrogens is 1. The number of aromatic amines is 1. The maximum absolute atomic E-state index is 12.5. The van der Waals surface area contributed by atoms with Crippen molar-refractivity contribution in [3.8, 4) is 0 Å². The molecule has 0 bridgehead atoms. The fourth-order valence-corrected chi connectivity index (χ4v) is 3.47. The first-order valence-electron chi connectivity index (χ1n) is 7.22. The SMILES string of the molecule is Cc1cc(SCC(=O)N2CCCc3ccccc32)nc(=O)[nH]1. The van der Waals surface area contributed by atoms with Crippen LogP contribution in [-0.2, 0) is 11.2 Å². The maximum Gasteiger partial charge on any atom is 0.346 e. The predicted octanol–water partition coefficient (Wildman–Crippen LogP) is 2.15. The highest BCUT2D eigenvalue weighted by Crippen LogP contribution is 2.27. The second-order valence-electron chi connectivity index (χ2n) is 5.27. The fourth-order valence-electron chi connectivity index (χ4n) is 2.63. The first kappa shape index (κ1) is 14.8. The van der Waals surface area contributed by atoms with E-state index in [2.05, 4.69) is 16.0 Å². The van der Waals surface area contributed by atoms with Gasteiger partial charge in [-0.3, -0.25) is 4.79 Å². The normalized spacial score (nSPS) is 13.8. The minimum absolute atomic E-state index is 0.0527. The molecule has 1 N–H and O–H groups in total. The summed E-state index contributed by atoms with van der Waals surface area (Å²) in [4.78, 5) is 32.2. The van der Waals surface area contributed by atoms with Crippen LogP contribution in [0.2, 0.25) is 0 Å². The highest BCUT2D eigenvalue weighted by atomic mass is 32.2. The number of aryl methyl sites for hydroxylation is 2. The smallest absolute Gasteiger partial charge is 0.311 e. The van der Waals surface area contributed by atoms with Crippen molar-refractivity contribution in [2.75, 3.05) is 17.2 Å². The summed E-state index contributed by atoms with van der Waals surface area (Å²) in [5.74, 6) is 0.335. The fraction of sp³-hybridized carbons (Fsp3) is 0.312. The van der Waals surface area contributed by atoms with Gasteiger partial charge in [-0.05, 0) is 37.5 Å². The Kier molecular flexibility index (Phi) is 4.29. The van der Waals surface area contributed by atoms with Crippen molar-refractivity contribution in [2.45, 2.75) is 24.8 Å². The average Bonchev–Trinajstić information content (AvgIpc) is 2.51. The van der Waals surface area contributed by atoms with Crippen molar-refractivity contribution < 1.29 is 4.79 Å². The molecule has 6 heteroatoms. The lowest BCUT2D eigenvalue weighted by Gasteiger charge is -2.29. The minimum atomic E-state index is -0.377. The van der Waals surface area contributed by atoms with E-state index in [1.807, 2.05) is 23.1 Å². The maximum atomic E-state index is 12.5. The van der Waals surface area contributed by atoms with Gasteiger partial charge in [-0.1, -0.05) is 30.0 Å². The molecule has 1 aromatic heterocycles. The molecular weight excluding hydrogens is 298 g/mol. The van der Waals surface area contributed by atoms with Gasteiger partial charge in [0.05, 0.1) is 5.75 Å². The van der Waals surface area contributed by atoms with E-state index in [0.717, 1.165) is 30.8 Å². The summed E-state index contributed by atoms with van der Waals surface area (Å²) in [6, 6.07) is 9.81. The van der Waals surface area contributed by atoms with Gasteiger partial charge >= 0.3 is 5.69 Å². The molecule has 3 rings (SSSR count). The highest BCUT2D eigenvalue weighted by molar-refractivity contribution is 7.99. The van der Waals surface area contributed by atoms with Gasteiger partial charge in [0.25, 0.3) is 0 Å². The summed E-state index contributed by atoms with van der Waals surface area (Å²) < 4.78 is 0. The Morgan fingerprint density at radius 2 is 2.23 bits per heavy atom. The summed E-state index contributed by atoms with van der Waals surface area (Å²) in [7, 11) is 0. The van der Waals surface area contributed by atoms with E-state index in [-0.39, 0.29) is 17.3 Å². The van der Waals surface area contributed by atoms with Crippen LogP contribution < -0.4 is 10.6 Å². The molecule has 1 amide bonds. The Hall–Kier alpha value is -2.08. The van der Waals surface area contributed by atoms with E-state index in [0.29, 0.717) is 5.03 Å². The number of rotatable bonds is 3. The number of thioether (sulfide) groups is 1. The molecule has 22 heavy (non-hydrogen) atoms. The zero-order valence-electron chi connectivity index (χ0n) is 12.3.